The average molecular weight is 609 g/mol. The smallest absolute Gasteiger partial charge is 0.331 e. The van der Waals surface area contributed by atoms with Crippen molar-refractivity contribution >= 4 is 50.6 Å². The van der Waals surface area contributed by atoms with Crippen LogP contribution in [0.15, 0.2) is 85.2 Å². The number of benzene rings is 2. The Morgan fingerprint density at radius 1 is 1.18 bits per heavy atom. The zero-order valence-corrected chi connectivity index (χ0v) is 26.0. The number of aryl methyl sites for hydroxylation is 1. The van der Waals surface area contributed by atoms with Gasteiger partial charge in [-0.1, -0.05) is 30.9 Å². The van der Waals surface area contributed by atoms with Gasteiger partial charge in [-0.25, -0.2) is 9.78 Å². The van der Waals surface area contributed by atoms with E-state index in [0.717, 1.165) is 54.0 Å². The molecule has 44 heavy (non-hydrogen) atoms. The number of nitrogens with zero attached hydrogens (tertiary/aromatic N) is 4. The second-order valence-electron chi connectivity index (χ2n) is 11.4. The number of thiophene rings is 1. The summed E-state index contributed by atoms with van der Waals surface area (Å²) >= 11 is 1.30. The third-order valence-electron chi connectivity index (χ3n) is 7.78. The molecule has 2 aliphatic rings. The summed E-state index contributed by atoms with van der Waals surface area (Å²) in [7, 11) is 4.06. The Kier molecular flexibility index (Phi) is 8.36. The topological polar surface area (TPSA) is 90.0 Å². The number of pyridine rings is 1. The summed E-state index contributed by atoms with van der Waals surface area (Å²) in [6.07, 6.45) is 7.65. The molecule has 0 aliphatic carbocycles. The molecule has 2 N–H and O–H groups in total. The number of carbonyl (C=O) groups is 2. The van der Waals surface area contributed by atoms with Crippen LogP contribution in [0.5, 0.6) is 11.5 Å². The first-order valence-corrected chi connectivity index (χ1v) is 15.5. The van der Waals surface area contributed by atoms with Crippen LogP contribution in [0.1, 0.15) is 28.1 Å². The molecule has 2 aromatic heterocycles. The van der Waals surface area contributed by atoms with E-state index in [1.54, 1.807) is 11.1 Å². The summed E-state index contributed by atoms with van der Waals surface area (Å²) in [6, 6.07) is 16.7. The van der Waals surface area contributed by atoms with Crippen LogP contribution < -0.4 is 20.3 Å². The van der Waals surface area contributed by atoms with Crippen LogP contribution in [0.25, 0.3) is 10.2 Å². The molecule has 0 bridgehead atoms. The Hall–Kier alpha value is -4.67. The van der Waals surface area contributed by atoms with Gasteiger partial charge in [0.1, 0.15) is 21.2 Å². The van der Waals surface area contributed by atoms with Gasteiger partial charge in [0.05, 0.1) is 22.4 Å². The van der Waals surface area contributed by atoms with Crippen molar-refractivity contribution in [3.8, 4) is 11.5 Å². The number of allylic oxidation sites excluding steroid dienone is 1. The molecule has 0 saturated carbocycles. The van der Waals surface area contributed by atoms with Gasteiger partial charge in [-0.15, -0.1) is 11.3 Å². The summed E-state index contributed by atoms with van der Waals surface area (Å²) in [4.78, 5) is 39.0. The van der Waals surface area contributed by atoms with E-state index in [9.17, 15) is 9.59 Å². The van der Waals surface area contributed by atoms with Gasteiger partial charge in [-0.3, -0.25) is 9.69 Å². The number of ether oxygens (including phenoxy) is 1. The number of rotatable bonds is 9. The Balaban J connectivity index is 1.22. The van der Waals surface area contributed by atoms with E-state index < -0.39 is 0 Å². The third kappa shape index (κ3) is 6.04. The second kappa shape index (κ2) is 12.5. The minimum atomic E-state index is -0.332. The van der Waals surface area contributed by atoms with Crippen LogP contribution in [-0.2, 0) is 0 Å². The van der Waals surface area contributed by atoms with Crippen molar-refractivity contribution in [2.45, 2.75) is 25.8 Å². The summed E-state index contributed by atoms with van der Waals surface area (Å²) < 4.78 is 5.99. The zero-order valence-electron chi connectivity index (χ0n) is 25.2. The highest BCUT2D eigenvalue weighted by Crippen LogP contribution is 2.46. The number of hydrogen-bond acceptors (Lipinski definition) is 7. The Bertz CT molecular complexity index is 1750. The summed E-state index contributed by atoms with van der Waals surface area (Å²) in [6.45, 7) is 8.61. The number of likely N-dealkylation sites (N-methyl/N-ethyl adjacent to an activating group) is 1. The molecule has 6 rings (SSSR count). The lowest BCUT2D eigenvalue weighted by Gasteiger charge is -2.35. The van der Waals surface area contributed by atoms with Crippen molar-refractivity contribution in [1.29, 1.82) is 0 Å². The van der Waals surface area contributed by atoms with Gasteiger partial charge in [0, 0.05) is 37.6 Å². The molecule has 9 nitrogen and oxygen atoms in total. The number of nitrogens with one attached hydrogen (secondary N) is 2. The predicted octanol–water partition coefficient (Wildman–Crippen LogP) is 6.91. The molecule has 2 aliphatic heterocycles. The molecule has 3 amide bonds. The van der Waals surface area contributed by atoms with Gasteiger partial charge in [-0.2, -0.15) is 0 Å². The zero-order chi connectivity index (χ0) is 30.8. The maximum atomic E-state index is 13.7. The average Bonchev–Trinajstić information content (AvgIpc) is 3.38. The standard InChI is InChI=1S/C34H36N6O3S/c1-22-20-26(43-25-12-6-5-7-13-25)14-15-27(22)40-28-16-17-35-33-29(28)30(37-34(40)42)31(44-33)32(41)36-24-11-9-19-39(21-24)23(2)10-8-18-38(3)4/h5-8,10,12-17,20,24H,2,9,11,18-19,21H2,1,3-4H3,(H,36,41)(H,37,42)/b10-8+/t24-/m1/s1. The molecule has 0 unspecified atom stereocenters. The molecule has 4 aromatic rings. The molecule has 1 atom stereocenters. The number of likely N-dealkylation sites (tertiary alicyclic amines) is 1. The lowest BCUT2D eigenvalue weighted by atomic mass is 10.0. The molecule has 0 spiro atoms. The monoisotopic (exact) mass is 608 g/mol. The van der Waals surface area contributed by atoms with Crippen molar-refractivity contribution in [2.24, 2.45) is 0 Å². The number of piperidine rings is 1. The SMILES string of the molecule is C=C(/C=C/CN(C)C)N1CCC[C@@H](NC(=O)c2sc3nccc4c3c2NC(=O)N4c2ccc(Oc3ccccc3)cc2C)C1. The van der Waals surface area contributed by atoms with E-state index in [1.165, 1.54) is 11.3 Å². The molecule has 0 radical (unpaired) electrons. The minimum Gasteiger partial charge on any atom is -0.457 e. The van der Waals surface area contributed by atoms with Crippen LogP contribution in [0.2, 0.25) is 0 Å². The fraction of sp³-hybridized carbons (Fsp3) is 0.265. The largest absolute Gasteiger partial charge is 0.457 e. The molecule has 4 heterocycles. The number of aromatic nitrogens is 1. The highest BCUT2D eigenvalue weighted by Gasteiger charge is 2.34. The van der Waals surface area contributed by atoms with Crippen molar-refractivity contribution in [2.75, 3.05) is 43.9 Å². The summed E-state index contributed by atoms with van der Waals surface area (Å²) in [5.74, 6) is 1.21. The normalized spacial score (nSPS) is 16.5. The fourth-order valence-electron chi connectivity index (χ4n) is 5.66. The van der Waals surface area contributed by atoms with Crippen molar-refractivity contribution < 1.29 is 14.3 Å². The Labute approximate surface area is 261 Å². The molecular weight excluding hydrogens is 572 g/mol. The van der Waals surface area contributed by atoms with Crippen molar-refractivity contribution in [3.63, 3.8) is 0 Å². The van der Waals surface area contributed by atoms with E-state index in [1.807, 2.05) is 81.7 Å². The fourth-order valence-corrected chi connectivity index (χ4v) is 6.68. The number of amides is 3. The van der Waals surface area contributed by atoms with E-state index in [-0.39, 0.29) is 18.0 Å². The summed E-state index contributed by atoms with van der Waals surface area (Å²) in [5.41, 5.74) is 3.74. The lowest BCUT2D eigenvalue weighted by molar-refractivity contribution is 0.0920. The highest BCUT2D eigenvalue weighted by atomic mass is 32.1. The second-order valence-corrected chi connectivity index (χ2v) is 12.4. The molecular formula is C34H36N6O3S. The van der Waals surface area contributed by atoms with Gasteiger partial charge in [0.15, 0.2) is 0 Å². The van der Waals surface area contributed by atoms with Crippen LogP contribution in [0.3, 0.4) is 0 Å². The summed E-state index contributed by atoms with van der Waals surface area (Å²) in [5, 5.41) is 6.98. The molecule has 10 heteroatoms. The number of urea groups is 1. The quantitative estimate of drug-likeness (QED) is 0.201. The van der Waals surface area contributed by atoms with Crippen molar-refractivity contribution in [3.05, 3.63) is 95.7 Å². The number of anilines is 3. The van der Waals surface area contributed by atoms with Crippen LogP contribution >= 0.6 is 11.3 Å². The van der Waals surface area contributed by atoms with E-state index >= 15 is 0 Å². The maximum Gasteiger partial charge on any atom is 0.331 e. The predicted molar refractivity (Wildman–Crippen MR) is 177 cm³/mol. The van der Waals surface area contributed by atoms with E-state index in [4.69, 9.17) is 4.74 Å². The Morgan fingerprint density at radius 2 is 2.00 bits per heavy atom. The molecule has 1 saturated heterocycles. The Morgan fingerprint density at radius 3 is 2.77 bits per heavy atom. The lowest BCUT2D eigenvalue weighted by Crippen LogP contribution is -2.47. The molecule has 226 valence electrons. The molecule has 2 aromatic carbocycles. The van der Waals surface area contributed by atoms with Crippen LogP contribution in [0, 0.1) is 6.92 Å². The van der Waals surface area contributed by atoms with Gasteiger partial charge in [0.25, 0.3) is 5.91 Å². The van der Waals surface area contributed by atoms with E-state index in [2.05, 4.69) is 38.1 Å². The highest BCUT2D eigenvalue weighted by molar-refractivity contribution is 7.21. The first-order valence-electron chi connectivity index (χ1n) is 14.7. The maximum absolute atomic E-state index is 13.7. The number of para-hydroxylation sites is 1. The van der Waals surface area contributed by atoms with Crippen molar-refractivity contribution in [1.82, 2.24) is 20.1 Å². The number of hydrogen-bond donors (Lipinski definition) is 2. The van der Waals surface area contributed by atoms with Gasteiger partial charge in [0.2, 0.25) is 0 Å². The van der Waals surface area contributed by atoms with E-state index in [0.29, 0.717) is 33.4 Å². The number of carbonyl (C=O) groups excluding carboxylic acids is 2. The van der Waals surface area contributed by atoms with Crippen LogP contribution in [-0.4, -0.2) is 66.5 Å². The van der Waals surface area contributed by atoms with Gasteiger partial charge < -0.3 is 25.2 Å². The first-order chi connectivity index (χ1) is 21.3. The first kappa shape index (κ1) is 29.4. The molecule has 1 fully saturated rings. The minimum absolute atomic E-state index is 0.0323. The van der Waals surface area contributed by atoms with Crippen LogP contribution in [0.4, 0.5) is 21.9 Å². The van der Waals surface area contributed by atoms with Gasteiger partial charge in [-0.05, 0) is 81.9 Å². The third-order valence-corrected chi connectivity index (χ3v) is 8.88. The van der Waals surface area contributed by atoms with Gasteiger partial charge >= 0.3 is 6.03 Å².